The molecule has 156 valence electrons. The third-order valence-corrected chi connectivity index (χ3v) is 5.26. The van der Waals surface area contributed by atoms with E-state index in [0.29, 0.717) is 52.4 Å². The van der Waals surface area contributed by atoms with Gasteiger partial charge in [0.2, 0.25) is 0 Å². The number of rotatable bonds is 9. The van der Waals surface area contributed by atoms with E-state index in [-0.39, 0.29) is 5.56 Å². The molecule has 3 rings (SSSR count). The van der Waals surface area contributed by atoms with Crippen molar-refractivity contribution in [2.75, 3.05) is 32.7 Å². The van der Waals surface area contributed by atoms with Gasteiger partial charge in [-0.3, -0.25) is 9.97 Å². The highest BCUT2D eigenvalue weighted by atomic mass is 32.2. The van der Waals surface area contributed by atoms with Gasteiger partial charge in [0.15, 0.2) is 0 Å². The Morgan fingerprint density at radius 1 is 1.06 bits per heavy atom. The Hall–Kier alpha value is -3.66. The van der Waals surface area contributed by atoms with E-state index in [1.807, 2.05) is 18.2 Å². The van der Waals surface area contributed by atoms with Crippen molar-refractivity contribution < 1.29 is 9.47 Å². The van der Waals surface area contributed by atoms with Gasteiger partial charge in [0.25, 0.3) is 0 Å². The van der Waals surface area contributed by atoms with Gasteiger partial charge < -0.3 is 14.8 Å². The Labute approximate surface area is 184 Å². The van der Waals surface area contributed by atoms with Gasteiger partial charge in [-0.1, -0.05) is 17.8 Å². The summed E-state index contributed by atoms with van der Waals surface area (Å²) >= 11 is 1.39. The molecule has 3 aromatic rings. The number of hydrogen-bond donors (Lipinski definition) is 1. The molecule has 0 saturated heterocycles. The summed E-state index contributed by atoms with van der Waals surface area (Å²) in [6.07, 6.45) is 3.28. The maximum Gasteiger partial charge on any atom is 0.145 e. The van der Waals surface area contributed by atoms with Crippen molar-refractivity contribution in [2.24, 2.45) is 0 Å². The zero-order valence-electron chi connectivity index (χ0n) is 17.1. The van der Waals surface area contributed by atoms with Crippen LogP contribution in [0.5, 0.6) is 5.75 Å². The molecule has 0 fully saturated rings. The minimum absolute atomic E-state index is 0.266. The number of nitrogens with zero attached hydrogens (tertiary/aromatic N) is 5. The Balaban J connectivity index is 2.01. The first-order chi connectivity index (χ1) is 15.2. The number of aromatic nitrogens is 3. The summed E-state index contributed by atoms with van der Waals surface area (Å²) in [6.45, 7) is 0.865. The molecule has 0 radical (unpaired) electrons. The number of nitriles is 2. The van der Waals surface area contributed by atoms with E-state index >= 15 is 0 Å². The number of nitrogens with one attached hydrogen (secondary N) is 1. The molecule has 0 aliphatic rings. The fourth-order valence-corrected chi connectivity index (χ4v) is 3.70. The van der Waals surface area contributed by atoms with Gasteiger partial charge in [-0.15, -0.1) is 0 Å². The number of methoxy groups -OCH3 is 1. The molecule has 3 aromatic heterocycles. The number of thioether (sulfide) groups is 1. The maximum atomic E-state index is 9.92. The third-order valence-electron chi connectivity index (χ3n) is 4.26. The van der Waals surface area contributed by atoms with Gasteiger partial charge in [-0.2, -0.15) is 10.5 Å². The van der Waals surface area contributed by atoms with E-state index in [4.69, 9.17) is 9.47 Å². The minimum atomic E-state index is 0.266. The predicted molar refractivity (Wildman–Crippen MR) is 118 cm³/mol. The topological polar surface area (TPSA) is 117 Å². The fraction of sp³-hybridized carbons (Fsp3) is 0.227. The lowest BCUT2D eigenvalue weighted by Gasteiger charge is -2.14. The first kappa shape index (κ1) is 22.0. The van der Waals surface area contributed by atoms with Crippen LogP contribution in [0.4, 0.5) is 5.82 Å². The number of anilines is 1. The Morgan fingerprint density at radius 3 is 2.52 bits per heavy atom. The summed E-state index contributed by atoms with van der Waals surface area (Å²) in [5.41, 5.74) is 2.37. The Bertz CT molecular complexity index is 1110. The number of hydrogen-bond acceptors (Lipinski definition) is 9. The van der Waals surface area contributed by atoms with Gasteiger partial charge in [0.05, 0.1) is 29.8 Å². The van der Waals surface area contributed by atoms with Crippen LogP contribution in [0.2, 0.25) is 0 Å². The minimum Gasteiger partial charge on any atom is -0.490 e. The van der Waals surface area contributed by atoms with Crippen molar-refractivity contribution in [3.8, 4) is 29.1 Å². The molecule has 9 heteroatoms. The average molecular weight is 433 g/mol. The second-order valence-corrected chi connectivity index (χ2v) is 7.16. The van der Waals surface area contributed by atoms with Crippen molar-refractivity contribution in [3.05, 3.63) is 59.5 Å². The van der Waals surface area contributed by atoms with Crippen LogP contribution in [-0.2, 0) is 10.5 Å². The molecule has 0 aliphatic carbocycles. The SMILES string of the molecule is CNc1nc(SCc2ccccn2)c(C#N)c(-c2ccc(OCCOC)cn2)c1C#N. The van der Waals surface area contributed by atoms with Gasteiger partial charge >= 0.3 is 0 Å². The Morgan fingerprint density at radius 2 is 1.90 bits per heavy atom. The highest BCUT2D eigenvalue weighted by molar-refractivity contribution is 7.98. The molecule has 31 heavy (non-hydrogen) atoms. The summed E-state index contributed by atoms with van der Waals surface area (Å²) in [5, 5.41) is 23.2. The lowest BCUT2D eigenvalue weighted by Crippen LogP contribution is -2.06. The van der Waals surface area contributed by atoms with Crippen molar-refractivity contribution in [1.82, 2.24) is 15.0 Å². The van der Waals surface area contributed by atoms with E-state index < -0.39 is 0 Å². The summed E-state index contributed by atoms with van der Waals surface area (Å²) in [4.78, 5) is 13.3. The molecular formula is C22H20N6O2S. The largest absolute Gasteiger partial charge is 0.490 e. The van der Waals surface area contributed by atoms with Crippen molar-refractivity contribution in [2.45, 2.75) is 10.8 Å². The smallest absolute Gasteiger partial charge is 0.145 e. The third kappa shape index (κ3) is 5.28. The van der Waals surface area contributed by atoms with Crippen LogP contribution in [0, 0.1) is 22.7 Å². The van der Waals surface area contributed by atoms with E-state index in [0.717, 1.165) is 5.69 Å². The summed E-state index contributed by atoms with van der Waals surface area (Å²) < 4.78 is 10.5. The summed E-state index contributed by atoms with van der Waals surface area (Å²) in [6, 6.07) is 13.5. The molecule has 0 aliphatic heterocycles. The lowest BCUT2D eigenvalue weighted by molar-refractivity contribution is 0.146. The van der Waals surface area contributed by atoms with E-state index in [9.17, 15) is 10.5 Å². The maximum absolute atomic E-state index is 9.92. The van der Waals surface area contributed by atoms with Crippen molar-refractivity contribution in [3.63, 3.8) is 0 Å². The number of ether oxygens (including phenoxy) is 2. The van der Waals surface area contributed by atoms with Crippen molar-refractivity contribution in [1.29, 1.82) is 10.5 Å². The molecule has 0 bridgehead atoms. The molecule has 1 N–H and O–H groups in total. The van der Waals surface area contributed by atoms with Crippen LogP contribution in [0.1, 0.15) is 16.8 Å². The fourth-order valence-electron chi connectivity index (χ4n) is 2.80. The zero-order chi connectivity index (χ0) is 22.1. The van der Waals surface area contributed by atoms with Crippen molar-refractivity contribution >= 4 is 17.6 Å². The molecule has 0 amide bonds. The molecule has 3 heterocycles. The van der Waals surface area contributed by atoms with Gasteiger partial charge in [-0.25, -0.2) is 4.98 Å². The molecule has 0 spiro atoms. The lowest BCUT2D eigenvalue weighted by atomic mass is 10.0. The summed E-state index contributed by atoms with van der Waals surface area (Å²) in [7, 11) is 3.29. The van der Waals surface area contributed by atoms with Crippen LogP contribution >= 0.6 is 11.8 Å². The van der Waals surface area contributed by atoms with Gasteiger partial charge in [0, 0.05) is 31.7 Å². The average Bonchev–Trinajstić information content (AvgIpc) is 2.82. The van der Waals surface area contributed by atoms with Gasteiger partial charge in [0.1, 0.15) is 40.9 Å². The van der Waals surface area contributed by atoms with Crippen LogP contribution < -0.4 is 10.1 Å². The second-order valence-electron chi connectivity index (χ2n) is 6.19. The summed E-state index contributed by atoms with van der Waals surface area (Å²) in [5.74, 6) is 1.50. The molecular weight excluding hydrogens is 412 g/mol. The Kier molecular flexibility index (Phi) is 7.77. The molecule has 0 atom stereocenters. The van der Waals surface area contributed by atoms with Crippen LogP contribution in [0.15, 0.2) is 47.8 Å². The van der Waals surface area contributed by atoms with E-state index in [1.54, 1.807) is 38.7 Å². The van der Waals surface area contributed by atoms with Crippen LogP contribution in [0.3, 0.4) is 0 Å². The monoisotopic (exact) mass is 432 g/mol. The normalized spacial score (nSPS) is 10.2. The predicted octanol–water partition coefficient (Wildman–Crippen LogP) is 3.64. The first-order valence-corrected chi connectivity index (χ1v) is 10.4. The molecule has 0 aromatic carbocycles. The van der Waals surface area contributed by atoms with E-state index in [2.05, 4.69) is 32.4 Å². The van der Waals surface area contributed by atoms with Crippen LogP contribution in [-0.4, -0.2) is 42.3 Å². The molecule has 0 saturated carbocycles. The van der Waals surface area contributed by atoms with Gasteiger partial charge in [-0.05, 0) is 24.3 Å². The second kappa shape index (κ2) is 10.9. The van der Waals surface area contributed by atoms with E-state index in [1.165, 1.54) is 11.8 Å². The quantitative estimate of drug-likeness (QED) is 0.399. The van der Waals surface area contributed by atoms with Crippen LogP contribution in [0.25, 0.3) is 11.3 Å². The highest BCUT2D eigenvalue weighted by Crippen LogP contribution is 2.36. The first-order valence-electron chi connectivity index (χ1n) is 9.38. The molecule has 0 unspecified atom stereocenters. The number of pyridine rings is 3. The molecule has 8 nitrogen and oxygen atoms in total. The highest BCUT2D eigenvalue weighted by Gasteiger charge is 2.22. The standard InChI is InChI=1S/C22H20N6O2S/c1-25-21-17(11-23)20(19-7-6-16(13-27-19)30-10-9-29-2)18(12-24)22(28-21)31-14-15-5-3-4-8-26-15/h3-8,13H,9-10,14H2,1-2H3,(H,25,28). The zero-order valence-corrected chi connectivity index (χ0v) is 17.9.